The zero-order valence-corrected chi connectivity index (χ0v) is 14.9. The van der Waals surface area contributed by atoms with Gasteiger partial charge in [-0.25, -0.2) is 9.18 Å². The van der Waals surface area contributed by atoms with Gasteiger partial charge in [0.25, 0.3) is 0 Å². The second-order valence-corrected chi connectivity index (χ2v) is 7.46. The first-order valence-corrected chi connectivity index (χ1v) is 9.01. The molecule has 2 saturated carbocycles. The number of benzene rings is 2. The third-order valence-corrected chi connectivity index (χ3v) is 6.00. The number of alkyl halides is 1. The number of rotatable bonds is 6. The van der Waals surface area contributed by atoms with Gasteiger partial charge < -0.3 is 20.7 Å². The first-order valence-electron chi connectivity index (χ1n) is 9.01. The molecule has 7 heteroatoms. The maximum Gasteiger partial charge on any atom is 0.342 e. The second-order valence-electron chi connectivity index (χ2n) is 7.46. The summed E-state index contributed by atoms with van der Waals surface area (Å²) in [5, 5.41) is 18.9. The fraction of sp³-hybridized carbons (Fsp3) is 0.333. The molecule has 0 aromatic heterocycles. The van der Waals surface area contributed by atoms with Crippen molar-refractivity contribution in [3.8, 4) is 0 Å². The zero-order valence-electron chi connectivity index (χ0n) is 14.9. The lowest BCUT2D eigenvalue weighted by Crippen LogP contribution is -2.60. The molecule has 0 unspecified atom stereocenters. The van der Waals surface area contributed by atoms with Crippen LogP contribution in [0.15, 0.2) is 60.7 Å². The van der Waals surface area contributed by atoms with Crippen molar-refractivity contribution < 1.29 is 28.9 Å². The molecule has 0 heterocycles. The summed E-state index contributed by atoms with van der Waals surface area (Å²) in [7, 11) is 0. The Hall–Kier alpha value is -2.77. The van der Waals surface area contributed by atoms with Crippen LogP contribution in [0.4, 0.5) is 4.39 Å². The van der Waals surface area contributed by atoms with Crippen molar-refractivity contribution in [1.82, 2.24) is 0 Å². The quantitative estimate of drug-likeness (QED) is 0.704. The van der Waals surface area contributed by atoms with Crippen molar-refractivity contribution in [3.05, 3.63) is 71.8 Å². The molecule has 4 rings (SSSR count). The summed E-state index contributed by atoms with van der Waals surface area (Å²) in [5.41, 5.74) is 3.00. The van der Waals surface area contributed by atoms with E-state index in [2.05, 4.69) is 0 Å². The minimum atomic E-state index is -2.61. The minimum absolute atomic E-state index is 0.0631. The number of fused-ring (bicyclic) bond motifs is 1. The predicted molar refractivity (Wildman–Crippen MR) is 97.2 cm³/mol. The standard InChI is InChI=1S/C21H20FNO5/c22-20(18(24)25)14-11-15(21(23,17(14)20)19(26)27)28-16(12-7-3-1-4-8-12)13-9-5-2-6-10-13/h1-10,14-17H,11,23H2,(H,24,25)(H,26,27)/t14-,15-,17+,20-,21+/m1/s1. The van der Waals surface area contributed by atoms with Gasteiger partial charge in [-0.3, -0.25) is 4.79 Å². The van der Waals surface area contributed by atoms with Gasteiger partial charge in [0.2, 0.25) is 5.67 Å². The number of carboxylic acid groups (broad SMARTS) is 2. The summed E-state index contributed by atoms with van der Waals surface area (Å²) in [6, 6.07) is 18.5. The molecule has 0 spiro atoms. The smallest absolute Gasteiger partial charge is 0.342 e. The molecule has 2 aliphatic carbocycles. The molecule has 4 N–H and O–H groups in total. The van der Waals surface area contributed by atoms with E-state index >= 15 is 0 Å². The van der Waals surface area contributed by atoms with Crippen LogP contribution in [-0.4, -0.2) is 39.5 Å². The van der Waals surface area contributed by atoms with Crippen LogP contribution in [0, 0.1) is 11.8 Å². The Morgan fingerprint density at radius 3 is 1.93 bits per heavy atom. The fourth-order valence-electron chi connectivity index (χ4n) is 4.54. The molecule has 6 nitrogen and oxygen atoms in total. The van der Waals surface area contributed by atoms with Gasteiger partial charge in [0.1, 0.15) is 11.6 Å². The predicted octanol–water partition coefficient (Wildman–Crippen LogP) is 2.39. The molecule has 2 aliphatic rings. The molecule has 2 aromatic carbocycles. The lowest BCUT2D eigenvalue weighted by atomic mass is 9.87. The Morgan fingerprint density at radius 2 is 1.50 bits per heavy atom. The highest BCUT2D eigenvalue weighted by atomic mass is 19.1. The summed E-state index contributed by atoms with van der Waals surface area (Å²) in [6.45, 7) is 0. The highest BCUT2D eigenvalue weighted by Crippen LogP contribution is 2.67. The van der Waals surface area contributed by atoms with Gasteiger partial charge in [-0.2, -0.15) is 0 Å². The lowest BCUT2D eigenvalue weighted by Gasteiger charge is -2.34. The number of ether oxygens (including phenoxy) is 1. The van der Waals surface area contributed by atoms with E-state index in [1.54, 1.807) is 0 Å². The van der Waals surface area contributed by atoms with Crippen LogP contribution < -0.4 is 5.73 Å². The SMILES string of the molecule is N[C@]1(C(=O)O)[C@H]2[C@@H](C[C@H]1OC(c1ccccc1)c1ccccc1)[C@]2(F)C(=O)O. The van der Waals surface area contributed by atoms with Crippen LogP contribution >= 0.6 is 0 Å². The first kappa shape index (κ1) is 18.6. The number of carboxylic acids is 2. The third-order valence-electron chi connectivity index (χ3n) is 6.00. The third kappa shape index (κ3) is 2.54. The van der Waals surface area contributed by atoms with Crippen molar-refractivity contribution in [2.24, 2.45) is 17.6 Å². The number of hydrogen-bond donors (Lipinski definition) is 3. The molecular weight excluding hydrogens is 365 g/mol. The van der Waals surface area contributed by atoms with E-state index in [-0.39, 0.29) is 6.42 Å². The molecule has 5 atom stereocenters. The second kappa shape index (κ2) is 6.39. The molecule has 0 radical (unpaired) electrons. The van der Waals surface area contributed by atoms with Gasteiger partial charge >= 0.3 is 11.9 Å². The van der Waals surface area contributed by atoms with E-state index in [4.69, 9.17) is 10.5 Å². The van der Waals surface area contributed by atoms with Crippen molar-refractivity contribution in [2.45, 2.75) is 29.8 Å². The Bertz CT molecular complexity index is 868. The molecule has 146 valence electrons. The number of halogens is 1. The van der Waals surface area contributed by atoms with Gasteiger partial charge in [-0.15, -0.1) is 0 Å². The summed E-state index contributed by atoms with van der Waals surface area (Å²) in [5.74, 6) is -5.40. The molecule has 0 saturated heterocycles. The molecule has 28 heavy (non-hydrogen) atoms. The molecule has 0 bridgehead atoms. The van der Waals surface area contributed by atoms with E-state index in [9.17, 15) is 24.2 Å². The lowest BCUT2D eigenvalue weighted by molar-refractivity contribution is -0.157. The maximum atomic E-state index is 14.7. The first-order chi connectivity index (χ1) is 13.3. The van der Waals surface area contributed by atoms with E-state index in [1.807, 2.05) is 60.7 Å². The van der Waals surface area contributed by atoms with Crippen molar-refractivity contribution in [1.29, 1.82) is 0 Å². The number of aliphatic carboxylic acids is 2. The number of nitrogens with two attached hydrogens (primary N) is 1. The zero-order chi connectivity index (χ0) is 20.1. The highest BCUT2D eigenvalue weighted by molar-refractivity contribution is 5.90. The Kier molecular flexibility index (Phi) is 4.24. The van der Waals surface area contributed by atoms with Crippen LogP contribution in [0.5, 0.6) is 0 Å². The van der Waals surface area contributed by atoms with Crippen molar-refractivity contribution in [3.63, 3.8) is 0 Å². The van der Waals surface area contributed by atoms with Crippen molar-refractivity contribution >= 4 is 11.9 Å². The number of carbonyl (C=O) groups is 2. The Labute approximate surface area is 160 Å². The average Bonchev–Trinajstić information content (AvgIpc) is 3.17. The Balaban J connectivity index is 1.68. The van der Waals surface area contributed by atoms with E-state index in [1.165, 1.54) is 0 Å². The van der Waals surface area contributed by atoms with Gasteiger partial charge in [-0.1, -0.05) is 60.7 Å². The van der Waals surface area contributed by atoms with Crippen LogP contribution in [0.1, 0.15) is 23.7 Å². The van der Waals surface area contributed by atoms with Gasteiger partial charge in [0.15, 0.2) is 0 Å². The molecule has 0 aliphatic heterocycles. The maximum absolute atomic E-state index is 14.7. The van der Waals surface area contributed by atoms with E-state index < -0.39 is 47.2 Å². The summed E-state index contributed by atoms with van der Waals surface area (Å²) < 4.78 is 20.9. The molecule has 0 amide bonds. The molecule has 2 fully saturated rings. The fourth-order valence-corrected chi connectivity index (χ4v) is 4.54. The molecule has 2 aromatic rings. The summed E-state index contributed by atoms with van der Waals surface area (Å²) in [6.07, 6.45) is -1.69. The van der Waals surface area contributed by atoms with E-state index in [0.29, 0.717) is 0 Å². The summed E-state index contributed by atoms with van der Waals surface area (Å²) in [4.78, 5) is 23.3. The monoisotopic (exact) mass is 385 g/mol. The largest absolute Gasteiger partial charge is 0.480 e. The highest BCUT2D eigenvalue weighted by Gasteiger charge is 2.85. The summed E-state index contributed by atoms with van der Waals surface area (Å²) >= 11 is 0. The minimum Gasteiger partial charge on any atom is -0.480 e. The van der Waals surface area contributed by atoms with E-state index in [0.717, 1.165) is 11.1 Å². The van der Waals surface area contributed by atoms with Gasteiger partial charge in [0, 0.05) is 11.8 Å². The van der Waals surface area contributed by atoms with Crippen LogP contribution in [0.25, 0.3) is 0 Å². The van der Waals surface area contributed by atoms with Crippen molar-refractivity contribution in [2.75, 3.05) is 0 Å². The van der Waals surface area contributed by atoms with Crippen LogP contribution in [0.3, 0.4) is 0 Å². The normalized spacial score (nSPS) is 33.5. The molecular formula is C21H20FNO5. The van der Waals surface area contributed by atoms with Crippen LogP contribution in [-0.2, 0) is 14.3 Å². The van der Waals surface area contributed by atoms with Gasteiger partial charge in [0.05, 0.1) is 6.10 Å². The van der Waals surface area contributed by atoms with Gasteiger partial charge in [-0.05, 0) is 17.5 Å². The Morgan fingerprint density at radius 1 is 1.00 bits per heavy atom. The number of hydrogen-bond acceptors (Lipinski definition) is 4. The average molecular weight is 385 g/mol. The van der Waals surface area contributed by atoms with Crippen LogP contribution in [0.2, 0.25) is 0 Å². The topological polar surface area (TPSA) is 110 Å².